The van der Waals surface area contributed by atoms with Gasteiger partial charge in [-0.25, -0.2) is 0 Å². The van der Waals surface area contributed by atoms with Crippen LogP contribution >= 0.6 is 0 Å². The maximum Gasteiger partial charge on any atom is 0.119 e. The van der Waals surface area contributed by atoms with Crippen LogP contribution in [0.15, 0.2) is 24.3 Å². The van der Waals surface area contributed by atoms with E-state index in [4.69, 9.17) is 14.2 Å². The van der Waals surface area contributed by atoms with Gasteiger partial charge in [-0.1, -0.05) is 0 Å². The summed E-state index contributed by atoms with van der Waals surface area (Å²) in [5.74, 6) is 0.867. The van der Waals surface area contributed by atoms with E-state index >= 15 is 0 Å². The Morgan fingerprint density at radius 1 is 1.00 bits per heavy atom. The zero-order valence-electron chi connectivity index (χ0n) is 13.2. The van der Waals surface area contributed by atoms with Gasteiger partial charge in [0.2, 0.25) is 0 Å². The largest absolute Gasteiger partial charge is 0.491 e. The van der Waals surface area contributed by atoms with Crippen molar-refractivity contribution in [3.05, 3.63) is 24.3 Å². The molecule has 5 nitrogen and oxygen atoms in total. The van der Waals surface area contributed by atoms with E-state index in [9.17, 15) is 0 Å². The number of nitrogens with zero attached hydrogens (tertiary/aromatic N) is 2. The molecule has 0 N–H and O–H groups in total. The summed E-state index contributed by atoms with van der Waals surface area (Å²) in [6.45, 7) is 5.43. The van der Waals surface area contributed by atoms with Gasteiger partial charge in [-0.15, -0.1) is 0 Å². The summed E-state index contributed by atoms with van der Waals surface area (Å²) in [6.07, 6.45) is -0.0349. The molecule has 1 fully saturated rings. The number of anilines is 1. The van der Waals surface area contributed by atoms with Crippen molar-refractivity contribution in [2.45, 2.75) is 6.10 Å². The predicted molar refractivity (Wildman–Crippen MR) is 84.3 cm³/mol. The average Bonchev–Trinajstić information content (AvgIpc) is 2.53. The van der Waals surface area contributed by atoms with Gasteiger partial charge in [0.25, 0.3) is 0 Å². The number of benzene rings is 1. The van der Waals surface area contributed by atoms with E-state index < -0.39 is 0 Å². The number of likely N-dealkylation sites (N-methyl/N-ethyl adjacent to an activating group) is 1. The van der Waals surface area contributed by atoms with Crippen LogP contribution < -0.4 is 9.64 Å². The SMILES string of the molecule is COCC(COc1ccc(N2CCN(C)CC2)cc1)OC. The van der Waals surface area contributed by atoms with E-state index in [0.717, 1.165) is 31.9 Å². The summed E-state index contributed by atoms with van der Waals surface area (Å²) < 4.78 is 16.1. The van der Waals surface area contributed by atoms with Crippen LogP contribution in [0.1, 0.15) is 0 Å². The Balaban J connectivity index is 1.84. The molecule has 0 radical (unpaired) electrons. The van der Waals surface area contributed by atoms with Crippen LogP contribution in [-0.2, 0) is 9.47 Å². The number of hydrogen-bond donors (Lipinski definition) is 0. The molecule has 0 bridgehead atoms. The summed E-state index contributed by atoms with van der Waals surface area (Å²) in [4.78, 5) is 4.77. The normalized spacial score (nSPS) is 17.8. The van der Waals surface area contributed by atoms with Crippen molar-refractivity contribution in [1.82, 2.24) is 4.90 Å². The van der Waals surface area contributed by atoms with Gasteiger partial charge in [0.1, 0.15) is 18.5 Å². The molecule has 0 amide bonds. The van der Waals surface area contributed by atoms with Gasteiger partial charge in [0, 0.05) is 46.1 Å². The third-order valence-corrected chi connectivity index (χ3v) is 3.83. The lowest BCUT2D eigenvalue weighted by Gasteiger charge is -2.34. The molecule has 1 aromatic carbocycles. The molecule has 21 heavy (non-hydrogen) atoms. The molecule has 2 rings (SSSR count). The van der Waals surface area contributed by atoms with Crippen molar-refractivity contribution in [3.8, 4) is 5.75 Å². The van der Waals surface area contributed by atoms with Crippen LogP contribution in [0.2, 0.25) is 0 Å². The molecular weight excluding hydrogens is 268 g/mol. The molecule has 1 unspecified atom stereocenters. The highest BCUT2D eigenvalue weighted by molar-refractivity contribution is 5.49. The van der Waals surface area contributed by atoms with E-state index in [1.165, 1.54) is 5.69 Å². The second-order valence-corrected chi connectivity index (χ2v) is 5.41. The number of hydrogen-bond acceptors (Lipinski definition) is 5. The Bertz CT molecular complexity index is 402. The van der Waals surface area contributed by atoms with E-state index in [1.54, 1.807) is 14.2 Å². The fraction of sp³-hybridized carbons (Fsp3) is 0.625. The first-order valence-electron chi connectivity index (χ1n) is 7.41. The minimum atomic E-state index is -0.0349. The predicted octanol–water partition coefficient (Wildman–Crippen LogP) is 1.48. The maximum atomic E-state index is 5.74. The molecule has 1 atom stereocenters. The average molecular weight is 294 g/mol. The van der Waals surface area contributed by atoms with Crippen molar-refractivity contribution in [1.29, 1.82) is 0 Å². The van der Waals surface area contributed by atoms with Gasteiger partial charge in [0.05, 0.1) is 6.61 Å². The van der Waals surface area contributed by atoms with Crippen molar-refractivity contribution < 1.29 is 14.2 Å². The molecule has 1 aliphatic heterocycles. The first kappa shape index (κ1) is 16.1. The summed E-state index contributed by atoms with van der Waals surface area (Å²) in [5.41, 5.74) is 1.26. The van der Waals surface area contributed by atoms with E-state index in [2.05, 4.69) is 29.0 Å². The van der Waals surface area contributed by atoms with Crippen LogP contribution in [0.25, 0.3) is 0 Å². The van der Waals surface area contributed by atoms with Crippen LogP contribution in [0.3, 0.4) is 0 Å². The standard InChI is InChI=1S/C16H26N2O3/c1-17-8-10-18(11-9-17)14-4-6-15(7-5-14)21-13-16(20-3)12-19-2/h4-7,16H,8-13H2,1-3H3. The fourth-order valence-corrected chi connectivity index (χ4v) is 2.38. The minimum Gasteiger partial charge on any atom is -0.491 e. The lowest BCUT2D eigenvalue weighted by atomic mass is 10.2. The highest BCUT2D eigenvalue weighted by Crippen LogP contribution is 2.20. The molecule has 0 spiro atoms. The summed E-state index contributed by atoms with van der Waals surface area (Å²) in [5, 5.41) is 0. The molecule has 118 valence electrons. The van der Waals surface area contributed by atoms with Gasteiger partial charge >= 0.3 is 0 Å². The highest BCUT2D eigenvalue weighted by Gasteiger charge is 2.14. The van der Waals surface area contributed by atoms with Crippen molar-refractivity contribution in [2.24, 2.45) is 0 Å². The summed E-state index contributed by atoms with van der Waals surface area (Å²) in [6, 6.07) is 8.29. The lowest BCUT2D eigenvalue weighted by molar-refractivity contribution is 0.000879. The number of piperazine rings is 1. The Labute approximate surface area is 127 Å². The summed E-state index contributed by atoms with van der Waals surface area (Å²) in [7, 11) is 5.50. The molecule has 1 saturated heterocycles. The lowest BCUT2D eigenvalue weighted by Crippen LogP contribution is -2.44. The first-order valence-corrected chi connectivity index (χ1v) is 7.41. The van der Waals surface area contributed by atoms with Crippen LogP contribution in [0.4, 0.5) is 5.69 Å². The monoisotopic (exact) mass is 294 g/mol. The summed E-state index contributed by atoms with van der Waals surface area (Å²) >= 11 is 0. The van der Waals surface area contributed by atoms with Crippen LogP contribution in [-0.4, -0.2) is 71.7 Å². The fourth-order valence-electron chi connectivity index (χ4n) is 2.38. The first-order chi connectivity index (χ1) is 10.2. The molecule has 0 aromatic heterocycles. The Hall–Kier alpha value is -1.30. The van der Waals surface area contributed by atoms with E-state index in [-0.39, 0.29) is 6.10 Å². The zero-order chi connectivity index (χ0) is 15.1. The third kappa shape index (κ3) is 4.88. The number of methoxy groups -OCH3 is 2. The Kier molecular flexibility index (Phi) is 6.29. The van der Waals surface area contributed by atoms with Gasteiger partial charge in [0.15, 0.2) is 0 Å². The van der Waals surface area contributed by atoms with Crippen molar-refractivity contribution in [3.63, 3.8) is 0 Å². The maximum absolute atomic E-state index is 5.74. The van der Waals surface area contributed by atoms with E-state index in [0.29, 0.717) is 13.2 Å². The van der Waals surface area contributed by atoms with Gasteiger partial charge in [-0.3, -0.25) is 0 Å². The molecule has 1 heterocycles. The molecule has 0 aliphatic carbocycles. The second kappa shape index (κ2) is 8.22. The Morgan fingerprint density at radius 3 is 2.24 bits per heavy atom. The van der Waals surface area contributed by atoms with Crippen LogP contribution in [0.5, 0.6) is 5.75 Å². The second-order valence-electron chi connectivity index (χ2n) is 5.41. The quantitative estimate of drug-likeness (QED) is 0.761. The zero-order valence-corrected chi connectivity index (χ0v) is 13.2. The number of rotatable bonds is 7. The third-order valence-electron chi connectivity index (χ3n) is 3.83. The van der Waals surface area contributed by atoms with Gasteiger partial charge in [-0.05, 0) is 31.3 Å². The number of ether oxygens (including phenoxy) is 3. The van der Waals surface area contributed by atoms with Crippen LogP contribution in [0, 0.1) is 0 Å². The molecule has 0 saturated carbocycles. The Morgan fingerprint density at radius 2 is 1.67 bits per heavy atom. The van der Waals surface area contributed by atoms with Gasteiger partial charge in [-0.2, -0.15) is 0 Å². The molecule has 5 heteroatoms. The van der Waals surface area contributed by atoms with E-state index in [1.807, 2.05) is 12.1 Å². The molecule has 1 aromatic rings. The smallest absolute Gasteiger partial charge is 0.119 e. The molecule has 1 aliphatic rings. The molecular formula is C16H26N2O3. The van der Waals surface area contributed by atoms with Crippen molar-refractivity contribution >= 4 is 5.69 Å². The highest BCUT2D eigenvalue weighted by atomic mass is 16.5. The minimum absolute atomic E-state index is 0.0349. The topological polar surface area (TPSA) is 34.2 Å². The van der Waals surface area contributed by atoms with Crippen molar-refractivity contribution in [2.75, 3.05) is 65.6 Å². The van der Waals surface area contributed by atoms with Gasteiger partial charge < -0.3 is 24.0 Å².